The van der Waals surface area contributed by atoms with E-state index < -0.39 is 18.0 Å². The van der Waals surface area contributed by atoms with Gasteiger partial charge in [-0.15, -0.1) is 0 Å². The van der Waals surface area contributed by atoms with E-state index in [4.69, 9.17) is 9.84 Å². The second-order valence-corrected chi connectivity index (χ2v) is 5.40. The molecule has 0 fully saturated rings. The number of nitrogens with zero attached hydrogens (tertiary/aromatic N) is 1. The predicted molar refractivity (Wildman–Crippen MR) is 84.3 cm³/mol. The van der Waals surface area contributed by atoms with Crippen molar-refractivity contribution in [3.63, 3.8) is 0 Å². The van der Waals surface area contributed by atoms with E-state index in [1.807, 2.05) is 26.0 Å². The van der Waals surface area contributed by atoms with Crippen molar-refractivity contribution in [2.24, 2.45) is 0 Å². The number of amides is 2. The number of nitrogens with one attached hydrogen (secondary N) is 1. The largest absolute Gasteiger partial charge is 0.493 e. The molecule has 0 radical (unpaired) electrons. The fourth-order valence-electron chi connectivity index (χ4n) is 1.90. The molecular weight excluding hydrogens is 284 g/mol. The molecule has 0 spiro atoms. The van der Waals surface area contributed by atoms with E-state index in [1.54, 1.807) is 7.05 Å². The number of carboxylic acids is 1. The molecule has 0 aliphatic rings. The summed E-state index contributed by atoms with van der Waals surface area (Å²) >= 11 is 0. The van der Waals surface area contributed by atoms with Crippen molar-refractivity contribution in [3.05, 3.63) is 29.3 Å². The molecule has 2 N–H and O–H groups in total. The third-order valence-electron chi connectivity index (χ3n) is 3.28. The number of carbonyl (C=O) groups is 2. The molecule has 0 saturated carbocycles. The van der Waals surface area contributed by atoms with Crippen LogP contribution < -0.4 is 10.1 Å². The highest BCUT2D eigenvalue weighted by atomic mass is 16.5. The first-order valence-corrected chi connectivity index (χ1v) is 7.25. The highest BCUT2D eigenvalue weighted by Gasteiger charge is 2.16. The van der Waals surface area contributed by atoms with Crippen molar-refractivity contribution in [1.82, 2.24) is 10.2 Å². The fourth-order valence-corrected chi connectivity index (χ4v) is 1.90. The number of aliphatic carboxylic acids is 1. The molecule has 1 aromatic carbocycles. The van der Waals surface area contributed by atoms with Gasteiger partial charge in [-0.25, -0.2) is 4.79 Å². The first-order chi connectivity index (χ1) is 10.3. The Hall–Kier alpha value is -2.24. The number of hydrogen-bond donors (Lipinski definition) is 2. The van der Waals surface area contributed by atoms with E-state index in [-0.39, 0.29) is 0 Å². The number of hydrogen-bond acceptors (Lipinski definition) is 3. The minimum Gasteiger partial charge on any atom is -0.493 e. The number of aryl methyl sites for hydroxylation is 2. The van der Waals surface area contributed by atoms with Crippen LogP contribution in [0.5, 0.6) is 5.75 Å². The van der Waals surface area contributed by atoms with Gasteiger partial charge in [0.1, 0.15) is 11.8 Å². The molecule has 1 aromatic rings. The third kappa shape index (κ3) is 5.63. The lowest BCUT2D eigenvalue weighted by Gasteiger charge is -2.19. The van der Waals surface area contributed by atoms with Crippen LogP contribution in [0.1, 0.15) is 24.5 Å². The predicted octanol–water partition coefficient (Wildman–Crippen LogP) is 2.19. The van der Waals surface area contributed by atoms with Crippen LogP contribution in [-0.2, 0) is 4.79 Å². The van der Waals surface area contributed by atoms with Gasteiger partial charge in [-0.05, 0) is 38.8 Å². The molecule has 22 heavy (non-hydrogen) atoms. The second-order valence-electron chi connectivity index (χ2n) is 5.40. The molecule has 0 aliphatic heterocycles. The topological polar surface area (TPSA) is 78.9 Å². The summed E-state index contributed by atoms with van der Waals surface area (Å²) < 4.78 is 5.69. The van der Waals surface area contributed by atoms with Crippen LogP contribution in [0.2, 0.25) is 0 Å². The van der Waals surface area contributed by atoms with Crippen molar-refractivity contribution in [2.75, 3.05) is 20.2 Å². The maximum Gasteiger partial charge on any atom is 0.325 e. The quantitative estimate of drug-likeness (QED) is 0.757. The number of carbonyl (C=O) groups excluding carboxylic acids is 1. The number of ether oxygens (including phenoxy) is 1. The first kappa shape index (κ1) is 17.8. The summed E-state index contributed by atoms with van der Waals surface area (Å²) in [5.41, 5.74) is 2.27. The minimum atomic E-state index is -1.06. The molecule has 1 rings (SSSR count). The zero-order valence-corrected chi connectivity index (χ0v) is 13.5. The van der Waals surface area contributed by atoms with Crippen LogP contribution in [-0.4, -0.2) is 48.2 Å². The molecular formula is C16H24N2O4. The molecule has 0 aliphatic carbocycles. The van der Waals surface area contributed by atoms with Crippen LogP contribution in [0.3, 0.4) is 0 Å². The molecule has 0 heterocycles. The summed E-state index contributed by atoms with van der Waals surface area (Å²) in [7, 11) is 1.63. The molecule has 122 valence electrons. The normalized spacial score (nSPS) is 11.6. The molecule has 0 unspecified atom stereocenters. The molecule has 2 amide bonds. The van der Waals surface area contributed by atoms with Gasteiger partial charge in [0.25, 0.3) is 0 Å². The van der Waals surface area contributed by atoms with Crippen molar-refractivity contribution in [3.8, 4) is 5.75 Å². The van der Waals surface area contributed by atoms with E-state index in [0.717, 1.165) is 11.3 Å². The summed E-state index contributed by atoms with van der Waals surface area (Å²) in [6, 6.07) is 4.69. The Balaban J connectivity index is 2.31. The Morgan fingerprint density at radius 1 is 1.36 bits per heavy atom. The molecule has 1 atom stereocenters. The van der Waals surface area contributed by atoms with Gasteiger partial charge in [-0.2, -0.15) is 0 Å². The van der Waals surface area contributed by atoms with Crippen molar-refractivity contribution >= 4 is 12.0 Å². The zero-order valence-electron chi connectivity index (χ0n) is 13.5. The lowest BCUT2D eigenvalue weighted by atomic mass is 10.1. The Bertz CT molecular complexity index is 531. The van der Waals surface area contributed by atoms with Gasteiger partial charge < -0.3 is 20.1 Å². The molecule has 0 bridgehead atoms. The Kier molecular flexibility index (Phi) is 6.69. The number of rotatable bonds is 7. The van der Waals surface area contributed by atoms with Gasteiger partial charge in [0.2, 0.25) is 0 Å². The molecule has 6 nitrogen and oxygen atoms in total. The molecule has 6 heteroatoms. The van der Waals surface area contributed by atoms with Gasteiger partial charge in [-0.1, -0.05) is 17.7 Å². The van der Waals surface area contributed by atoms with Crippen molar-refractivity contribution in [1.29, 1.82) is 0 Å². The second kappa shape index (κ2) is 8.26. The number of carboxylic acid groups (broad SMARTS) is 1. The minimum absolute atomic E-state index is 0.401. The Labute approximate surface area is 131 Å². The van der Waals surface area contributed by atoms with Crippen molar-refractivity contribution in [2.45, 2.75) is 33.2 Å². The Morgan fingerprint density at radius 2 is 2.05 bits per heavy atom. The van der Waals surface area contributed by atoms with E-state index in [9.17, 15) is 9.59 Å². The van der Waals surface area contributed by atoms with Crippen molar-refractivity contribution < 1.29 is 19.4 Å². The SMILES string of the molecule is Cc1ccc(OCCCN(C)C(=O)N[C@H](C)C(=O)O)c(C)c1. The van der Waals surface area contributed by atoms with Gasteiger partial charge in [0.15, 0.2) is 0 Å². The van der Waals surface area contributed by atoms with Crippen LogP contribution in [0.25, 0.3) is 0 Å². The summed E-state index contributed by atoms with van der Waals surface area (Å²) in [6.07, 6.45) is 0.665. The highest BCUT2D eigenvalue weighted by Crippen LogP contribution is 2.18. The number of urea groups is 1. The van der Waals surface area contributed by atoms with Gasteiger partial charge >= 0.3 is 12.0 Å². The van der Waals surface area contributed by atoms with E-state index in [2.05, 4.69) is 11.4 Å². The average Bonchev–Trinajstić information content (AvgIpc) is 2.44. The fraction of sp³-hybridized carbons (Fsp3) is 0.500. The monoisotopic (exact) mass is 308 g/mol. The zero-order chi connectivity index (χ0) is 16.7. The smallest absolute Gasteiger partial charge is 0.325 e. The van der Waals surface area contributed by atoms with Crippen LogP contribution in [0.4, 0.5) is 4.79 Å². The van der Waals surface area contributed by atoms with E-state index >= 15 is 0 Å². The van der Waals surface area contributed by atoms with E-state index in [0.29, 0.717) is 19.6 Å². The average molecular weight is 308 g/mol. The maximum absolute atomic E-state index is 11.7. The molecule has 0 aromatic heterocycles. The maximum atomic E-state index is 11.7. The van der Waals surface area contributed by atoms with Gasteiger partial charge in [0.05, 0.1) is 6.61 Å². The lowest BCUT2D eigenvalue weighted by Crippen LogP contribution is -2.45. The van der Waals surface area contributed by atoms with Crippen LogP contribution in [0.15, 0.2) is 18.2 Å². The highest BCUT2D eigenvalue weighted by molar-refractivity contribution is 5.82. The number of benzene rings is 1. The molecule has 0 saturated heterocycles. The summed E-state index contributed by atoms with van der Waals surface area (Å²) in [5, 5.41) is 11.1. The van der Waals surface area contributed by atoms with Gasteiger partial charge in [-0.3, -0.25) is 4.79 Å². The summed E-state index contributed by atoms with van der Waals surface area (Å²) in [4.78, 5) is 23.9. The lowest BCUT2D eigenvalue weighted by molar-refractivity contribution is -0.138. The Morgan fingerprint density at radius 3 is 2.64 bits per heavy atom. The van der Waals surface area contributed by atoms with Gasteiger partial charge in [0, 0.05) is 13.6 Å². The van der Waals surface area contributed by atoms with Crippen LogP contribution >= 0.6 is 0 Å². The third-order valence-corrected chi connectivity index (χ3v) is 3.28. The summed E-state index contributed by atoms with van der Waals surface area (Å²) in [6.45, 7) is 6.44. The standard InChI is InChI=1S/C16H24N2O4/c1-11-6-7-14(12(2)10-11)22-9-5-8-18(4)16(21)17-13(3)15(19)20/h6-7,10,13H,5,8-9H2,1-4H3,(H,17,21)(H,19,20)/t13-/m1/s1. The first-order valence-electron chi connectivity index (χ1n) is 7.25. The van der Waals surface area contributed by atoms with E-state index in [1.165, 1.54) is 17.4 Å². The summed E-state index contributed by atoms with van der Waals surface area (Å²) in [5.74, 6) is -0.211. The van der Waals surface area contributed by atoms with Crippen LogP contribution in [0, 0.1) is 13.8 Å².